The first-order valence-electron chi connectivity index (χ1n) is 5.59. The number of carbonyl (C=O) groups excluding carboxylic acids is 1. The van der Waals surface area contributed by atoms with Gasteiger partial charge in [-0.2, -0.15) is 0 Å². The average molecular weight is 267 g/mol. The molecule has 0 bridgehead atoms. The first kappa shape index (κ1) is 14.8. The number of aliphatic carboxylic acids is 1. The zero-order valence-corrected chi connectivity index (χ0v) is 10.1. The van der Waals surface area contributed by atoms with E-state index >= 15 is 0 Å². The monoisotopic (exact) mass is 267 g/mol. The van der Waals surface area contributed by atoms with Crippen LogP contribution >= 0.6 is 0 Å². The van der Waals surface area contributed by atoms with Crippen LogP contribution in [-0.2, 0) is 14.3 Å². The van der Waals surface area contributed by atoms with E-state index in [9.17, 15) is 14.0 Å². The predicted octanol–water partition coefficient (Wildman–Crippen LogP) is 1.06. The Morgan fingerprint density at radius 2 is 2.00 bits per heavy atom. The molecule has 0 fully saturated rings. The van der Waals surface area contributed by atoms with Crippen LogP contribution in [-0.4, -0.2) is 36.7 Å². The predicted molar refractivity (Wildman–Crippen MR) is 66.9 cm³/mol. The minimum absolute atomic E-state index is 0.127. The number of carboxylic acids is 1. The van der Waals surface area contributed by atoms with Crippen molar-refractivity contribution in [1.82, 2.24) is 5.32 Å². The highest BCUT2D eigenvalue weighted by Gasteiger charge is 1.98. The van der Waals surface area contributed by atoms with Gasteiger partial charge in [0.1, 0.15) is 12.4 Å². The fourth-order valence-corrected chi connectivity index (χ4v) is 1.21. The Morgan fingerprint density at radius 1 is 1.32 bits per heavy atom. The van der Waals surface area contributed by atoms with Crippen LogP contribution in [0, 0.1) is 5.82 Å². The molecule has 1 aromatic rings. The van der Waals surface area contributed by atoms with E-state index < -0.39 is 5.97 Å². The van der Waals surface area contributed by atoms with Gasteiger partial charge in [0, 0.05) is 12.6 Å². The van der Waals surface area contributed by atoms with Crippen LogP contribution < -0.4 is 5.32 Å². The molecule has 0 heterocycles. The highest BCUT2D eigenvalue weighted by atomic mass is 19.1. The van der Waals surface area contributed by atoms with E-state index in [4.69, 9.17) is 9.84 Å². The summed E-state index contributed by atoms with van der Waals surface area (Å²) in [5, 5.41) is 10.8. The number of benzene rings is 1. The minimum atomic E-state index is -1.05. The van der Waals surface area contributed by atoms with Gasteiger partial charge in [0.2, 0.25) is 5.91 Å². The third kappa shape index (κ3) is 6.95. The van der Waals surface area contributed by atoms with Gasteiger partial charge >= 0.3 is 5.97 Å². The highest BCUT2D eigenvalue weighted by Crippen LogP contribution is 2.04. The molecule has 102 valence electrons. The van der Waals surface area contributed by atoms with Gasteiger partial charge in [0.15, 0.2) is 0 Å². The Morgan fingerprint density at radius 3 is 2.63 bits per heavy atom. The zero-order chi connectivity index (χ0) is 14.1. The Kier molecular flexibility index (Phi) is 6.25. The van der Waals surface area contributed by atoms with Crippen molar-refractivity contribution in [1.29, 1.82) is 0 Å². The molecule has 0 unspecified atom stereocenters. The molecule has 0 aliphatic heterocycles. The van der Waals surface area contributed by atoms with E-state index in [2.05, 4.69) is 5.32 Å². The molecule has 0 atom stereocenters. The SMILES string of the molecule is O=C(O)COCCNC(=O)C=Cc1ccc(F)cc1. The number of halogens is 1. The maximum absolute atomic E-state index is 12.6. The van der Waals surface area contributed by atoms with E-state index in [1.807, 2.05) is 0 Å². The summed E-state index contributed by atoms with van der Waals surface area (Å²) in [7, 11) is 0. The van der Waals surface area contributed by atoms with Crippen LogP contribution in [0.3, 0.4) is 0 Å². The highest BCUT2D eigenvalue weighted by molar-refractivity contribution is 5.91. The molecule has 1 rings (SSSR count). The summed E-state index contributed by atoms with van der Waals surface area (Å²) in [5.74, 6) is -1.72. The summed E-state index contributed by atoms with van der Waals surface area (Å²) in [6.45, 7) is -0.0381. The Hall–Kier alpha value is -2.21. The number of hydrogen-bond acceptors (Lipinski definition) is 3. The van der Waals surface area contributed by atoms with E-state index in [1.165, 1.54) is 18.2 Å². The van der Waals surface area contributed by atoms with E-state index in [0.717, 1.165) is 0 Å². The summed E-state index contributed by atoms with van der Waals surface area (Å²) in [6.07, 6.45) is 2.86. The maximum atomic E-state index is 12.6. The van der Waals surface area contributed by atoms with Crippen molar-refractivity contribution in [2.24, 2.45) is 0 Å². The molecule has 1 aromatic carbocycles. The lowest BCUT2D eigenvalue weighted by Crippen LogP contribution is -2.26. The molecule has 1 amide bonds. The summed E-state index contributed by atoms with van der Waals surface area (Å²) < 4.78 is 17.4. The first-order valence-corrected chi connectivity index (χ1v) is 5.59. The standard InChI is InChI=1S/C13H14FNO4/c14-11-4-1-10(2-5-11)3-6-12(16)15-7-8-19-9-13(17)18/h1-6H,7-9H2,(H,15,16)(H,17,18). The van der Waals surface area contributed by atoms with Crippen molar-refractivity contribution in [3.8, 4) is 0 Å². The van der Waals surface area contributed by atoms with Crippen molar-refractivity contribution < 1.29 is 23.8 Å². The average Bonchev–Trinajstić information content (AvgIpc) is 2.37. The van der Waals surface area contributed by atoms with Gasteiger partial charge in [0.25, 0.3) is 0 Å². The number of carbonyl (C=O) groups is 2. The second-order valence-corrected chi connectivity index (χ2v) is 3.62. The van der Waals surface area contributed by atoms with Crippen molar-refractivity contribution >= 4 is 18.0 Å². The number of nitrogens with one attached hydrogen (secondary N) is 1. The Labute approximate surface area is 109 Å². The van der Waals surface area contributed by atoms with Crippen molar-refractivity contribution in [2.75, 3.05) is 19.8 Å². The normalized spacial score (nSPS) is 10.6. The second-order valence-electron chi connectivity index (χ2n) is 3.62. The fraction of sp³-hybridized carbons (Fsp3) is 0.231. The molecule has 6 heteroatoms. The molecule has 0 aromatic heterocycles. The van der Waals surface area contributed by atoms with Gasteiger partial charge in [-0.15, -0.1) is 0 Å². The molecule has 0 aliphatic rings. The largest absolute Gasteiger partial charge is 0.480 e. The molecular formula is C13H14FNO4. The van der Waals surface area contributed by atoms with Crippen LogP contribution in [0.5, 0.6) is 0 Å². The summed E-state index contributed by atoms with van der Waals surface area (Å²) in [5.41, 5.74) is 0.707. The van der Waals surface area contributed by atoms with Crippen LogP contribution in [0.4, 0.5) is 4.39 Å². The topological polar surface area (TPSA) is 75.6 Å². The lowest BCUT2D eigenvalue weighted by molar-refractivity contribution is -0.142. The molecule has 2 N–H and O–H groups in total. The smallest absolute Gasteiger partial charge is 0.329 e. The number of ether oxygens (including phenoxy) is 1. The van der Waals surface area contributed by atoms with Gasteiger partial charge in [-0.25, -0.2) is 9.18 Å². The fourth-order valence-electron chi connectivity index (χ4n) is 1.21. The van der Waals surface area contributed by atoms with Crippen LogP contribution in [0.1, 0.15) is 5.56 Å². The molecular weight excluding hydrogens is 253 g/mol. The maximum Gasteiger partial charge on any atom is 0.329 e. The van der Waals surface area contributed by atoms with E-state index in [1.54, 1.807) is 18.2 Å². The summed E-state index contributed by atoms with van der Waals surface area (Å²) in [4.78, 5) is 21.5. The molecule has 0 saturated carbocycles. The first-order chi connectivity index (χ1) is 9.08. The molecule has 5 nitrogen and oxygen atoms in total. The van der Waals surface area contributed by atoms with E-state index in [-0.39, 0.29) is 31.5 Å². The Bertz CT molecular complexity index is 456. The van der Waals surface area contributed by atoms with Gasteiger partial charge < -0.3 is 15.2 Å². The number of amides is 1. The summed E-state index contributed by atoms with van der Waals surface area (Å²) in [6, 6.07) is 5.71. The number of rotatable bonds is 7. The molecule has 0 radical (unpaired) electrons. The quantitative estimate of drug-likeness (QED) is 0.572. The third-order valence-corrected chi connectivity index (χ3v) is 2.07. The van der Waals surface area contributed by atoms with Crippen molar-refractivity contribution in [2.45, 2.75) is 0 Å². The van der Waals surface area contributed by atoms with Crippen LogP contribution in [0.15, 0.2) is 30.3 Å². The zero-order valence-electron chi connectivity index (χ0n) is 10.1. The lowest BCUT2D eigenvalue weighted by Gasteiger charge is -2.02. The number of carboxylic acid groups (broad SMARTS) is 1. The van der Waals surface area contributed by atoms with Gasteiger partial charge in [-0.1, -0.05) is 12.1 Å². The van der Waals surface area contributed by atoms with Gasteiger partial charge in [0.05, 0.1) is 6.61 Å². The van der Waals surface area contributed by atoms with Crippen molar-refractivity contribution in [3.05, 3.63) is 41.7 Å². The second kappa shape index (κ2) is 7.99. The molecule has 19 heavy (non-hydrogen) atoms. The van der Waals surface area contributed by atoms with E-state index in [0.29, 0.717) is 5.56 Å². The lowest BCUT2D eigenvalue weighted by atomic mass is 10.2. The third-order valence-electron chi connectivity index (χ3n) is 2.07. The molecule has 0 saturated heterocycles. The van der Waals surface area contributed by atoms with Crippen molar-refractivity contribution in [3.63, 3.8) is 0 Å². The molecule has 0 aliphatic carbocycles. The summed E-state index contributed by atoms with van der Waals surface area (Å²) >= 11 is 0. The molecule has 0 spiro atoms. The number of hydrogen-bond donors (Lipinski definition) is 2. The van der Waals surface area contributed by atoms with Crippen LogP contribution in [0.2, 0.25) is 0 Å². The van der Waals surface area contributed by atoms with Crippen LogP contribution in [0.25, 0.3) is 6.08 Å². The minimum Gasteiger partial charge on any atom is -0.480 e. The van der Waals surface area contributed by atoms with Gasteiger partial charge in [-0.3, -0.25) is 4.79 Å². The Balaban J connectivity index is 2.23. The van der Waals surface area contributed by atoms with Gasteiger partial charge in [-0.05, 0) is 23.8 Å².